The molecular weight excluding hydrogens is 731 g/mol. The molecule has 0 fully saturated rings. The number of para-hydroxylation sites is 2. The highest BCUT2D eigenvalue weighted by atomic mass is 32.1. The zero-order chi connectivity index (χ0) is 35.3. The largest absolute Gasteiger partial charge is 0.456 e. The van der Waals surface area contributed by atoms with Gasteiger partial charge in [-0.15, -0.1) is 0 Å². The third kappa shape index (κ3) is 4.35. The molecule has 12 heteroatoms. The number of rotatable bonds is 5. The Kier molecular flexibility index (Phi) is 6.34. The Hall–Kier alpha value is -6.60. The first-order valence-electron chi connectivity index (χ1n) is 17.1. The van der Waals surface area contributed by atoms with E-state index >= 15 is 0 Å². The minimum absolute atomic E-state index is 0.771. The van der Waals surface area contributed by atoms with E-state index in [1.165, 1.54) is 35.2 Å². The van der Waals surface area contributed by atoms with Crippen molar-refractivity contribution in [1.29, 1.82) is 0 Å². The van der Waals surface area contributed by atoms with Gasteiger partial charge in [0.1, 0.15) is 55.4 Å². The van der Waals surface area contributed by atoms with Crippen molar-refractivity contribution in [2.45, 2.75) is 0 Å². The third-order valence-corrected chi connectivity index (χ3v) is 11.8. The van der Waals surface area contributed by atoms with Crippen LogP contribution in [0.4, 0.5) is 17.1 Å². The molecule has 5 heterocycles. The number of fused-ring (bicyclic) bond motifs is 9. The average Bonchev–Trinajstić information content (AvgIpc) is 4.07. The maximum absolute atomic E-state index is 6.13. The van der Waals surface area contributed by atoms with Crippen LogP contribution in [0.1, 0.15) is 0 Å². The van der Waals surface area contributed by atoms with Crippen molar-refractivity contribution < 1.29 is 8.83 Å². The highest BCUT2D eigenvalue weighted by Crippen LogP contribution is 2.47. The average molecular weight is 752 g/mol. The van der Waals surface area contributed by atoms with Gasteiger partial charge in [0.2, 0.25) is 0 Å². The SMILES string of the molecule is c1cc(N(c2ccc(-c3ccc4oc5ccccc5c4c3)c3nsnc23)c2ccc(-c3ccc4oc5ccccc5c4c3)c3nsnc23)c2nsnc2c1. The molecule has 0 aliphatic heterocycles. The van der Waals surface area contributed by atoms with Gasteiger partial charge in [-0.3, -0.25) is 0 Å². The molecule has 0 spiro atoms. The molecule has 7 aromatic carbocycles. The van der Waals surface area contributed by atoms with Crippen LogP contribution in [0, 0.1) is 0 Å². The fourth-order valence-corrected chi connectivity index (χ4v) is 9.37. The Balaban J connectivity index is 1.06. The van der Waals surface area contributed by atoms with E-state index in [1.54, 1.807) is 0 Å². The fourth-order valence-electron chi connectivity index (χ4n) is 7.68. The summed E-state index contributed by atoms with van der Waals surface area (Å²) >= 11 is 3.59. The van der Waals surface area contributed by atoms with Crippen molar-refractivity contribution in [3.63, 3.8) is 0 Å². The number of furan rings is 2. The molecule has 12 rings (SSSR count). The topological polar surface area (TPSA) is 107 Å². The van der Waals surface area contributed by atoms with Crippen molar-refractivity contribution in [2.24, 2.45) is 0 Å². The summed E-state index contributed by atoms with van der Waals surface area (Å²) in [6.45, 7) is 0. The minimum Gasteiger partial charge on any atom is -0.456 e. The zero-order valence-corrected chi connectivity index (χ0v) is 30.2. The van der Waals surface area contributed by atoms with Crippen LogP contribution in [0.3, 0.4) is 0 Å². The molecule has 0 aliphatic rings. The monoisotopic (exact) mass is 751 g/mol. The van der Waals surface area contributed by atoms with Gasteiger partial charge in [-0.25, -0.2) is 0 Å². The lowest BCUT2D eigenvalue weighted by Crippen LogP contribution is -2.12. The van der Waals surface area contributed by atoms with Gasteiger partial charge in [-0.1, -0.05) is 54.6 Å². The van der Waals surface area contributed by atoms with Crippen LogP contribution in [0.25, 0.3) is 99.2 Å². The van der Waals surface area contributed by atoms with E-state index < -0.39 is 0 Å². The molecule has 254 valence electrons. The number of anilines is 3. The molecule has 0 unspecified atom stereocenters. The Labute approximate surface area is 317 Å². The first kappa shape index (κ1) is 29.9. The molecular formula is C42H21N7O2S3. The molecule has 0 radical (unpaired) electrons. The van der Waals surface area contributed by atoms with Crippen LogP contribution in [0.2, 0.25) is 0 Å². The number of aromatic nitrogens is 6. The molecule has 0 aliphatic carbocycles. The highest BCUT2D eigenvalue weighted by molar-refractivity contribution is 7.00. The van der Waals surface area contributed by atoms with Crippen molar-refractivity contribution in [1.82, 2.24) is 26.2 Å². The number of benzene rings is 7. The summed E-state index contributed by atoms with van der Waals surface area (Å²) in [5, 5.41) is 4.28. The molecule has 54 heavy (non-hydrogen) atoms. The fraction of sp³-hybridized carbons (Fsp3) is 0. The van der Waals surface area contributed by atoms with Gasteiger partial charge in [0.25, 0.3) is 0 Å². The summed E-state index contributed by atoms with van der Waals surface area (Å²) in [7, 11) is 0. The first-order chi connectivity index (χ1) is 26.8. The minimum atomic E-state index is 0.771. The van der Waals surface area contributed by atoms with Crippen molar-refractivity contribution in [3.8, 4) is 22.3 Å². The van der Waals surface area contributed by atoms with Crippen LogP contribution >= 0.6 is 35.2 Å². The van der Waals surface area contributed by atoms with Gasteiger partial charge in [0, 0.05) is 32.7 Å². The van der Waals surface area contributed by atoms with Gasteiger partial charge < -0.3 is 13.7 Å². The van der Waals surface area contributed by atoms with Crippen molar-refractivity contribution in [3.05, 3.63) is 127 Å². The Morgan fingerprint density at radius 2 is 0.852 bits per heavy atom. The summed E-state index contributed by atoms with van der Waals surface area (Å²) in [6, 6.07) is 43.4. The molecule has 0 atom stereocenters. The van der Waals surface area contributed by atoms with Crippen molar-refractivity contribution >= 4 is 129 Å². The second-order valence-corrected chi connectivity index (χ2v) is 14.6. The lowest BCUT2D eigenvalue weighted by atomic mass is 9.99. The number of hydrogen-bond acceptors (Lipinski definition) is 12. The highest BCUT2D eigenvalue weighted by Gasteiger charge is 2.26. The van der Waals surface area contributed by atoms with E-state index in [0.29, 0.717) is 0 Å². The van der Waals surface area contributed by atoms with E-state index in [0.717, 1.165) is 116 Å². The second-order valence-electron chi connectivity index (χ2n) is 13.1. The van der Waals surface area contributed by atoms with Gasteiger partial charge in [-0.05, 0) is 83.9 Å². The Morgan fingerprint density at radius 1 is 0.370 bits per heavy atom. The summed E-state index contributed by atoms with van der Waals surface area (Å²) < 4.78 is 41.2. The van der Waals surface area contributed by atoms with E-state index in [1.807, 2.05) is 60.7 Å². The molecule has 0 bridgehead atoms. The van der Waals surface area contributed by atoms with Gasteiger partial charge in [0.05, 0.1) is 52.2 Å². The van der Waals surface area contributed by atoms with Gasteiger partial charge >= 0.3 is 0 Å². The predicted octanol–water partition coefficient (Wildman–Crippen LogP) is 12.3. The quantitative estimate of drug-likeness (QED) is 0.170. The first-order valence-corrected chi connectivity index (χ1v) is 19.3. The van der Waals surface area contributed by atoms with Gasteiger partial charge in [0.15, 0.2) is 0 Å². The summed E-state index contributed by atoms with van der Waals surface area (Å²) in [6.07, 6.45) is 0. The zero-order valence-electron chi connectivity index (χ0n) is 27.8. The lowest BCUT2D eigenvalue weighted by molar-refractivity contribution is 0.668. The summed E-state index contributed by atoms with van der Waals surface area (Å²) in [5.41, 5.74) is 14.8. The van der Waals surface area contributed by atoms with Crippen LogP contribution in [0.15, 0.2) is 136 Å². The van der Waals surface area contributed by atoms with Crippen LogP contribution in [-0.4, -0.2) is 26.2 Å². The second kappa shape index (κ2) is 11.4. The molecule has 12 aromatic rings. The predicted molar refractivity (Wildman–Crippen MR) is 219 cm³/mol. The lowest BCUT2D eigenvalue weighted by Gasteiger charge is -2.26. The molecule has 0 N–H and O–H groups in total. The maximum Gasteiger partial charge on any atom is 0.135 e. The molecule has 5 aromatic heterocycles. The van der Waals surface area contributed by atoms with E-state index in [4.69, 9.17) is 30.7 Å². The Morgan fingerprint density at radius 3 is 1.44 bits per heavy atom. The van der Waals surface area contributed by atoms with Crippen LogP contribution in [-0.2, 0) is 0 Å². The normalized spacial score (nSPS) is 12.1. The molecule has 9 nitrogen and oxygen atoms in total. The summed E-state index contributed by atoms with van der Waals surface area (Å²) in [4.78, 5) is 2.18. The molecule has 0 saturated heterocycles. The van der Waals surface area contributed by atoms with Crippen molar-refractivity contribution in [2.75, 3.05) is 4.90 Å². The van der Waals surface area contributed by atoms with Gasteiger partial charge in [-0.2, -0.15) is 26.2 Å². The van der Waals surface area contributed by atoms with Crippen LogP contribution < -0.4 is 4.90 Å². The smallest absolute Gasteiger partial charge is 0.135 e. The van der Waals surface area contributed by atoms with Crippen LogP contribution in [0.5, 0.6) is 0 Å². The summed E-state index contributed by atoms with van der Waals surface area (Å²) in [5.74, 6) is 0. The van der Waals surface area contributed by atoms with E-state index in [-0.39, 0.29) is 0 Å². The molecule has 0 amide bonds. The maximum atomic E-state index is 6.13. The van der Waals surface area contributed by atoms with E-state index in [9.17, 15) is 0 Å². The number of hydrogen-bond donors (Lipinski definition) is 0. The molecule has 0 saturated carbocycles. The number of nitrogens with zero attached hydrogens (tertiary/aromatic N) is 7. The Bertz CT molecular complexity index is 3260. The van der Waals surface area contributed by atoms with E-state index in [2.05, 4.69) is 76.0 Å². The third-order valence-electron chi connectivity index (χ3n) is 10.2. The standard InChI is InChI=1S/C42H21N7O2S3/c1-3-10-34-26(6-1)28-20-22(12-18-36(28)50-34)24-14-16-32(41-38(24)44-53-47-41)49(31-9-5-8-30-40(31)46-52-43-30)33-17-15-25(39-42(33)48-54-45-39)23-13-19-37-29(21-23)27-7-2-4-11-35(27)51-37/h1-21H.